The lowest BCUT2D eigenvalue weighted by Gasteiger charge is -2.30. The third-order valence-corrected chi connectivity index (χ3v) is 5.93. The summed E-state index contributed by atoms with van der Waals surface area (Å²) in [4.78, 5) is 31.4. The summed E-state index contributed by atoms with van der Waals surface area (Å²) in [6.07, 6.45) is 2.16. The zero-order valence-corrected chi connectivity index (χ0v) is 17.7. The van der Waals surface area contributed by atoms with Gasteiger partial charge in [0, 0.05) is 50.2 Å². The molecule has 1 aliphatic rings. The van der Waals surface area contributed by atoms with Crippen LogP contribution in [0.5, 0.6) is 5.75 Å². The first-order valence-corrected chi connectivity index (χ1v) is 10.7. The molecule has 0 atom stereocenters. The number of aromatic nitrogens is 1. The van der Waals surface area contributed by atoms with Gasteiger partial charge in [0.2, 0.25) is 5.91 Å². The average Bonchev–Trinajstić information content (AvgIpc) is 3.26. The van der Waals surface area contributed by atoms with Crippen LogP contribution in [0.4, 0.5) is 0 Å². The van der Waals surface area contributed by atoms with Crippen LogP contribution in [0.25, 0.3) is 10.6 Å². The van der Waals surface area contributed by atoms with Gasteiger partial charge < -0.3 is 19.7 Å². The Bertz CT molecular complexity index is 814. The molecule has 2 aromatic rings. The maximum Gasteiger partial charge on any atom is 0.273 e. The van der Waals surface area contributed by atoms with Gasteiger partial charge in [0.1, 0.15) is 16.5 Å². The van der Waals surface area contributed by atoms with Crippen LogP contribution in [-0.4, -0.2) is 62.2 Å². The highest BCUT2D eigenvalue weighted by Gasteiger charge is 2.28. The maximum atomic E-state index is 12.8. The monoisotopic (exact) mass is 417 g/mol. The molecule has 29 heavy (non-hydrogen) atoms. The first-order chi connectivity index (χ1) is 14.1. The second-order valence-electron chi connectivity index (χ2n) is 6.97. The molecule has 1 fully saturated rings. The standard InChI is InChI=1S/C21H27N3O4S/c1-27-13-3-10-22-19(25)15-8-11-24(12-9-15)21(26)18-14-29-20(23-18)16-4-6-17(28-2)7-5-16/h4-7,14-15H,3,8-13H2,1-2H3,(H,22,25). The van der Waals surface area contributed by atoms with Crippen molar-refractivity contribution in [2.75, 3.05) is 40.5 Å². The molecule has 0 spiro atoms. The highest BCUT2D eigenvalue weighted by molar-refractivity contribution is 7.13. The van der Waals surface area contributed by atoms with E-state index in [4.69, 9.17) is 9.47 Å². The Morgan fingerprint density at radius 3 is 2.59 bits per heavy atom. The number of nitrogens with one attached hydrogen (secondary N) is 1. The Labute approximate surface area is 175 Å². The molecule has 2 heterocycles. The van der Waals surface area contributed by atoms with Crippen molar-refractivity contribution in [3.05, 3.63) is 35.3 Å². The molecule has 0 saturated carbocycles. The van der Waals surface area contributed by atoms with Crippen molar-refractivity contribution in [3.8, 4) is 16.3 Å². The summed E-state index contributed by atoms with van der Waals surface area (Å²) in [6.45, 7) is 2.41. The molecule has 0 unspecified atom stereocenters. The van der Waals surface area contributed by atoms with Gasteiger partial charge in [-0.1, -0.05) is 0 Å². The first-order valence-electron chi connectivity index (χ1n) is 9.78. The first kappa shape index (κ1) is 21.3. The number of carbonyl (C=O) groups is 2. The van der Waals surface area contributed by atoms with E-state index in [-0.39, 0.29) is 17.7 Å². The van der Waals surface area contributed by atoms with Crippen LogP contribution in [-0.2, 0) is 9.53 Å². The summed E-state index contributed by atoms with van der Waals surface area (Å²) in [7, 11) is 3.28. The number of benzene rings is 1. The van der Waals surface area contributed by atoms with E-state index in [0.29, 0.717) is 44.8 Å². The number of amides is 2. The number of piperidine rings is 1. The molecular weight excluding hydrogens is 390 g/mol. The molecule has 1 saturated heterocycles. The Kier molecular flexibility index (Phi) is 7.60. The number of hydrogen-bond donors (Lipinski definition) is 1. The molecule has 1 aliphatic heterocycles. The van der Waals surface area contributed by atoms with Crippen LogP contribution >= 0.6 is 11.3 Å². The molecule has 2 amide bonds. The van der Waals surface area contributed by atoms with Crippen LogP contribution in [0.1, 0.15) is 29.8 Å². The summed E-state index contributed by atoms with van der Waals surface area (Å²) >= 11 is 1.45. The molecule has 0 radical (unpaired) electrons. The van der Waals surface area contributed by atoms with E-state index >= 15 is 0 Å². The molecule has 1 aromatic heterocycles. The second-order valence-corrected chi connectivity index (χ2v) is 7.83. The van der Waals surface area contributed by atoms with Crippen LogP contribution in [0.2, 0.25) is 0 Å². The summed E-state index contributed by atoms with van der Waals surface area (Å²) in [5.74, 6) is 0.753. The normalized spacial score (nSPS) is 14.6. The lowest BCUT2D eigenvalue weighted by atomic mass is 9.95. The van der Waals surface area contributed by atoms with Crippen molar-refractivity contribution in [1.82, 2.24) is 15.2 Å². The van der Waals surface area contributed by atoms with Crippen LogP contribution in [0.15, 0.2) is 29.6 Å². The number of methoxy groups -OCH3 is 2. The van der Waals surface area contributed by atoms with E-state index in [2.05, 4.69) is 10.3 Å². The molecule has 8 heteroatoms. The third-order valence-electron chi connectivity index (χ3n) is 5.04. The zero-order valence-electron chi connectivity index (χ0n) is 16.8. The van der Waals surface area contributed by atoms with Crippen molar-refractivity contribution in [3.63, 3.8) is 0 Å². The van der Waals surface area contributed by atoms with Crippen molar-refractivity contribution >= 4 is 23.2 Å². The van der Waals surface area contributed by atoms with Gasteiger partial charge >= 0.3 is 0 Å². The molecule has 3 rings (SSSR count). The topological polar surface area (TPSA) is 80.8 Å². The summed E-state index contributed by atoms with van der Waals surface area (Å²) < 4.78 is 10.2. The number of hydrogen-bond acceptors (Lipinski definition) is 6. The summed E-state index contributed by atoms with van der Waals surface area (Å²) in [6, 6.07) is 7.62. The van der Waals surface area contributed by atoms with E-state index in [1.807, 2.05) is 24.3 Å². The number of thiazole rings is 1. The van der Waals surface area contributed by atoms with Gasteiger partial charge in [-0.15, -0.1) is 11.3 Å². The number of rotatable bonds is 8. The van der Waals surface area contributed by atoms with Gasteiger partial charge in [0.25, 0.3) is 5.91 Å². The SMILES string of the molecule is COCCCNC(=O)C1CCN(C(=O)c2csc(-c3ccc(OC)cc3)n2)CC1. The lowest BCUT2D eigenvalue weighted by molar-refractivity contribution is -0.126. The molecular formula is C21H27N3O4S. The fourth-order valence-corrected chi connectivity index (χ4v) is 4.12. The minimum Gasteiger partial charge on any atom is -0.497 e. The Morgan fingerprint density at radius 1 is 1.21 bits per heavy atom. The van der Waals surface area contributed by atoms with Crippen molar-refractivity contribution < 1.29 is 19.1 Å². The average molecular weight is 418 g/mol. The van der Waals surface area contributed by atoms with Crippen LogP contribution < -0.4 is 10.1 Å². The minimum absolute atomic E-state index is 0.0353. The van der Waals surface area contributed by atoms with Crippen molar-refractivity contribution in [1.29, 1.82) is 0 Å². The van der Waals surface area contributed by atoms with Gasteiger partial charge in [0.05, 0.1) is 7.11 Å². The Balaban J connectivity index is 1.52. The number of carbonyl (C=O) groups excluding carboxylic acids is 2. The van der Waals surface area contributed by atoms with Crippen LogP contribution in [0, 0.1) is 5.92 Å². The molecule has 1 N–H and O–H groups in total. The number of ether oxygens (including phenoxy) is 2. The highest BCUT2D eigenvalue weighted by atomic mass is 32.1. The molecule has 0 aliphatic carbocycles. The van der Waals surface area contributed by atoms with Crippen LogP contribution in [0.3, 0.4) is 0 Å². The van der Waals surface area contributed by atoms with E-state index < -0.39 is 0 Å². The summed E-state index contributed by atoms with van der Waals surface area (Å²) in [5, 5.41) is 5.56. The fraction of sp³-hybridized carbons (Fsp3) is 0.476. The predicted octanol–water partition coefficient (Wildman–Crippen LogP) is 2.82. The number of likely N-dealkylation sites (tertiary alicyclic amines) is 1. The van der Waals surface area contributed by atoms with Gasteiger partial charge in [-0.05, 0) is 43.5 Å². The largest absolute Gasteiger partial charge is 0.497 e. The van der Waals surface area contributed by atoms with E-state index in [1.54, 1.807) is 24.5 Å². The quantitative estimate of drug-likeness (QED) is 0.668. The van der Waals surface area contributed by atoms with E-state index in [9.17, 15) is 9.59 Å². The zero-order chi connectivity index (χ0) is 20.6. The summed E-state index contributed by atoms with van der Waals surface area (Å²) in [5.41, 5.74) is 1.42. The van der Waals surface area contributed by atoms with Gasteiger partial charge in [-0.25, -0.2) is 4.98 Å². The predicted molar refractivity (Wildman–Crippen MR) is 112 cm³/mol. The molecule has 1 aromatic carbocycles. The second kappa shape index (κ2) is 10.4. The maximum absolute atomic E-state index is 12.8. The smallest absolute Gasteiger partial charge is 0.273 e. The van der Waals surface area contributed by atoms with E-state index in [0.717, 1.165) is 22.7 Å². The van der Waals surface area contributed by atoms with Gasteiger partial charge in [0.15, 0.2) is 0 Å². The van der Waals surface area contributed by atoms with Gasteiger partial charge in [-0.2, -0.15) is 0 Å². The third kappa shape index (κ3) is 5.55. The van der Waals surface area contributed by atoms with Crippen molar-refractivity contribution in [2.24, 2.45) is 5.92 Å². The van der Waals surface area contributed by atoms with Gasteiger partial charge in [-0.3, -0.25) is 9.59 Å². The Morgan fingerprint density at radius 2 is 1.93 bits per heavy atom. The molecule has 7 nitrogen and oxygen atoms in total. The lowest BCUT2D eigenvalue weighted by Crippen LogP contribution is -2.43. The minimum atomic E-state index is -0.0695. The Hall–Kier alpha value is -2.45. The fourth-order valence-electron chi connectivity index (χ4n) is 3.32. The number of nitrogens with zero attached hydrogens (tertiary/aromatic N) is 2. The van der Waals surface area contributed by atoms with E-state index in [1.165, 1.54) is 11.3 Å². The van der Waals surface area contributed by atoms with Crippen molar-refractivity contribution in [2.45, 2.75) is 19.3 Å². The molecule has 156 valence electrons. The molecule has 0 bridgehead atoms. The highest BCUT2D eigenvalue weighted by Crippen LogP contribution is 2.27.